The van der Waals surface area contributed by atoms with Crippen LogP contribution in [0.2, 0.25) is 0 Å². The van der Waals surface area contributed by atoms with E-state index in [2.05, 4.69) is 12.2 Å². The largest absolute Gasteiger partial charge is 0.506 e. The van der Waals surface area contributed by atoms with E-state index in [1.807, 2.05) is 0 Å². The number of hydrogen-bond donors (Lipinski definition) is 3. The summed E-state index contributed by atoms with van der Waals surface area (Å²) in [6.45, 7) is 2.11. The molecule has 5 heteroatoms. The summed E-state index contributed by atoms with van der Waals surface area (Å²) in [6.07, 6.45) is 3.41. The van der Waals surface area contributed by atoms with E-state index in [0.717, 1.165) is 12.8 Å². The van der Waals surface area contributed by atoms with Crippen molar-refractivity contribution in [3.05, 3.63) is 18.2 Å². The third kappa shape index (κ3) is 3.04. The van der Waals surface area contributed by atoms with Gasteiger partial charge >= 0.3 is 0 Å². The normalized spacial score (nSPS) is 26.1. The molecular weight excluding hydrogens is 256 g/mol. The SMILES string of the molecule is COc1ccc(O)c(NC(=O)C2(N)CCCC(C)C2)c1. The van der Waals surface area contributed by atoms with E-state index in [4.69, 9.17) is 10.5 Å². The van der Waals surface area contributed by atoms with Crippen LogP contribution in [0, 0.1) is 5.92 Å². The molecule has 1 aliphatic carbocycles. The summed E-state index contributed by atoms with van der Waals surface area (Å²) in [4.78, 5) is 12.4. The second kappa shape index (κ2) is 5.71. The minimum absolute atomic E-state index is 0.00612. The number of hydrogen-bond acceptors (Lipinski definition) is 4. The van der Waals surface area contributed by atoms with Crippen molar-refractivity contribution in [3.8, 4) is 11.5 Å². The van der Waals surface area contributed by atoms with Crippen LogP contribution in [0.3, 0.4) is 0 Å². The maximum Gasteiger partial charge on any atom is 0.244 e. The molecule has 4 N–H and O–H groups in total. The van der Waals surface area contributed by atoms with Crippen molar-refractivity contribution in [1.29, 1.82) is 0 Å². The first-order valence-electron chi connectivity index (χ1n) is 6.92. The van der Waals surface area contributed by atoms with Gasteiger partial charge < -0.3 is 20.9 Å². The Morgan fingerprint density at radius 3 is 2.95 bits per heavy atom. The van der Waals surface area contributed by atoms with E-state index >= 15 is 0 Å². The van der Waals surface area contributed by atoms with Crippen molar-refractivity contribution in [3.63, 3.8) is 0 Å². The third-order valence-electron chi connectivity index (χ3n) is 3.94. The number of ether oxygens (including phenoxy) is 1. The lowest BCUT2D eigenvalue weighted by atomic mass is 9.76. The number of phenolic OH excluding ortho intramolecular Hbond substituents is 1. The van der Waals surface area contributed by atoms with Crippen molar-refractivity contribution in [2.24, 2.45) is 11.7 Å². The number of rotatable bonds is 3. The molecule has 0 bridgehead atoms. The Balaban J connectivity index is 2.15. The van der Waals surface area contributed by atoms with Crippen molar-refractivity contribution < 1.29 is 14.6 Å². The van der Waals surface area contributed by atoms with Gasteiger partial charge in [-0.3, -0.25) is 4.79 Å². The lowest BCUT2D eigenvalue weighted by Crippen LogP contribution is -2.53. The number of phenols is 1. The van der Waals surface area contributed by atoms with Crippen LogP contribution in [0.25, 0.3) is 0 Å². The maximum atomic E-state index is 12.4. The summed E-state index contributed by atoms with van der Waals surface area (Å²) < 4.78 is 5.09. The van der Waals surface area contributed by atoms with Gasteiger partial charge in [-0.15, -0.1) is 0 Å². The fourth-order valence-corrected chi connectivity index (χ4v) is 2.79. The number of methoxy groups -OCH3 is 1. The standard InChI is InChI=1S/C15H22N2O3/c1-10-4-3-7-15(16,9-10)14(19)17-12-8-11(20-2)5-6-13(12)18/h5-6,8,10,18H,3-4,7,9,16H2,1-2H3,(H,17,19). The second-order valence-electron chi connectivity index (χ2n) is 5.69. The van der Waals surface area contributed by atoms with Crippen molar-refractivity contribution in [2.45, 2.75) is 38.1 Å². The molecule has 1 aromatic rings. The molecule has 2 unspecified atom stereocenters. The molecule has 0 heterocycles. The zero-order valence-corrected chi connectivity index (χ0v) is 12.0. The van der Waals surface area contributed by atoms with Crippen LogP contribution in [-0.2, 0) is 4.79 Å². The first-order chi connectivity index (χ1) is 9.44. The maximum absolute atomic E-state index is 12.4. The van der Waals surface area contributed by atoms with Crippen LogP contribution in [0.4, 0.5) is 5.69 Å². The quantitative estimate of drug-likeness (QED) is 0.740. The van der Waals surface area contributed by atoms with Crippen LogP contribution in [0.1, 0.15) is 32.6 Å². The molecule has 1 fully saturated rings. The van der Waals surface area contributed by atoms with Crippen LogP contribution in [-0.4, -0.2) is 23.7 Å². The van der Waals surface area contributed by atoms with Crippen LogP contribution in [0.5, 0.6) is 11.5 Å². The van der Waals surface area contributed by atoms with Gasteiger partial charge in [-0.05, 0) is 30.9 Å². The number of aromatic hydroxyl groups is 1. The van der Waals surface area contributed by atoms with E-state index < -0.39 is 5.54 Å². The highest BCUT2D eigenvalue weighted by Gasteiger charge is 2.38. The van der Waals surface area contributed by atoms with Gasteiger partial charge in [-0.2, -0.15) is 0 Å². The van der Waals surface area contributed by atoms with Gasteiger partial charge in [0, 0.05) is 6.07 Å². The van der Waals surface area contributed by atoms with Gasteiger partial charge in [0.1, 0.15) is 11.5 Å². The molecule has 0 aliphatic heterocycles. The number of anilines is 1. The lowest BCUT2D eigenvalue weighted by Gasteiger charge is -2.35. The third-order valence-corrected chi connectivity index (χ3v) is 3.94. The monoisotopic (exact) mass is 278 g/mol. The summed E-state index contributed by atoms with van der Waals surface area (Å²) >= 11 is 0. The van der Waals surface area contributed by atoms with Gasteiger partial charge in [0.05, 0.1) is 18.3 Å². The molecule has 2 atom stereocenters. The Bertz CT molecular complexity index is 504. The molecule has 1 saturated carbocycles. The average molecular weight is 278 g/mol. The fraction of sp³-hybridized carbons (Fsp3) is 0.533. The zero-order valence-electron chi connectivity index (χ0n) is 12.0. The Kier molecular flexibility index (Phi) is 4.18. The second-order valence-corrected chi connectivity index (χ2v) is 5.69. The topological polar surface area (TPSA) is 84.6 Å². The summed E-state index contributed by atoms with van der Waals surface area (Å²) in [5.74, 6) is 0.777. The molecule has 2 rings (SSSR count). The van der Waals surface area contributed by atoms with Gasteiger partial charge in [0.2, 0.25) is 5.91 Å². The number of benzene rings is 1. The molecule has 1 aromatic carbocycles. The van der Waals surface area contributed by atoms with E-state index in [1.165, 1.54) is 13.2 Å². The first-order valence-corrected chi connectivity index (χ1v) is 6.92. The number of nitrogens with two attached hydrogens (primary N) is 1. The van der Waals surface area contributed by atoms with E-state index in [1.54, 1.807) is 12.1 Å². The Morgan fingerprint density at radius 1 is 1.55 bits per heavy atom. The van der Waals surface area contributed by atoms with Crippen molar-refractivity contribution >= 4 is 11.6 Å². The molecule has 0 spiro atoms. The predicted molar refractivity (Wildman–Crippen MR) is 77.8 cm³/mol. The smallest absolute Gasteiger partial charge is 0.244 e. The molecule has 20 heavy (non-hydrogen) atoms. The molecule has 1 amide bonds. The number of amides is 1. The van der Waals surface area contributed by atoms with Crippen molar-refractivity contribution in [2.75, 3.05) is 12.4 Å². The minimum Gasteiger partial charge on any atom is -0.506 e. The Labute approximate surface area is 119 Å². The van der Waals surface area contributed by atoms with Crippen molar-refractivity contribution in [1.82, 2.24) is 0 Å². The Hall–Kier alpha value is -1.75. The van der Waals surface area contributed by atoms with Gasteiger partial charge in [-0.25, -0.2) is 0 Å². The minimum atomic E-state index is -0.854. The average Bonchev–Trinajstić information content (AvgIpc) is 2.41. The number of carbonyl (C=O) groups excluding carboxylic acids is 1. The van der Waals surface area contributed by atoms with Crippen LogP contribution < -0.4 is 15.8 Å². The zero-order chi connectivity index (χ0) is 14.8. The summed E-state index contributed by atoms with van der Waals surface area (Å²) in [6, 6.07) is 4.70. The van der Waals surface area contributed by atoms with Crippen LogP contribution >= 0.6 is 0 Å². The molecule has 0 aromatic heterocycles. The van der Waals surface area contributed by atoms with Crippen LogP contribution in [0.15, 0.2) is 18.2 Å². The highest BCUT2D eigenvalue weighted by molar-refractivity contribution is 5.99. The summed E-state index contributed by atoms with van der Waals surface area (Å²) in [7, 11) is 1.53. The predicted octanol–water partition coefficient (Wildman–Crippen LogP) is 2.25. The molecular formula is C15H22N2O3. The highest BCUT2D eigenvalue weighted by Crippen LogP contribution is 2.33. The van der Waals surface area contributed by atoms with E-state index in [9.17, 15) is 9.90 Å². The first kappa shape index (κ1) is 14.7. The fourth-order valence-electron chi connectivity index (χ4n) is 2.79. The van der Waals surface area contributed by atoms with E-state index in [-0.39, 0.29) is 11.7 Å². The molecule has 0 radical (unpaired) electrons. The summed E-state index contributed by atoms with van der Waals surface area (Å²) in [5, 5.41) is 12.5. The number of nitrogens with one attached hydrogen (secondary N) is 1. The lowest BCUT2D eigenvalue weighted by molar-refractivity contribution is -0.122. The molecule has 5 nitrogen and oxygen atoms in total. The Morgan fingerprint density at radius 2 is 2.30 bits per heavy atom. The number of carbonyl (C=O) groups is 1. The van der Waals surface area contributed by atoms with Gasteiger partial charge in [-0.1, -0.05) is 19.8 Å². The van der Waals surface area contributed by atoms with E-state index in [0.29, 0.717) is 30.2 Å². The molecule has 1 aliphatic rings. The molecule has 0 saturated heterocycles. The van der Waals surface area contributed by atoms with Gasteiger partial charge in [0.15, 0.2) is 0 Å². The van der Waals surface area contributed by atoms with Gasteiger partial charge in [0.25, 0.3) is 0 Å². The summed E-state index contributed by atoms with van der Waals surface area (Å²) in [5.41, 5.74) is 5.71. The highest BCUT2D eigenvalue weighted by atomic mass is 16.5. The molecule has 110 valence electrons.